The molecule has 0 atom stereocenters. The Hall–Kier alpha value is -3.23. The van der Waals surface area contributed by atoms with E-state index in [0.717, 1.165) is 69.2 Å². The molecule has 2 aliphatic rings. The van der Waals surface area contributed by atoms with Gasteiger partial charge in [-0.3, -0.25) is 5.10 Å². The van der Waals surface area contributed by atoms with Crippen molar-refractivity contribution in [2.75, 3.05) is 35.6 Å². The third-order valence-electron chi connectivity index (χ3n) is 6.44. The lowest BCUT2D eigenvalue weighted by Gasteiger charge is -2.40. The molecule has 1 saturated heterocycles. The van der Waals surface area contributed by atoms with Crippen molar-refractivity contribution in [1.29, 1.82) is 0 Å². The molecule has 30 heavy (non-hydrogen) atoms. The Morgan fingerprint density at radius 2 is 2.07 bits per heavy atom. The Morgan fingerprint density at radius 3 is 2.83 bits per heavy atom. The quantitative estimate of drug-likeness (QED) is 0.589. The van der Waals surface area contributed by atoms with E-state index in [1.165, 1.54) is 16.8 Å². The van der Waals surface area contributed by atoms with Gasteiger partial charge in [-0.05, 0) is 50.7 Å². The maximum Gasteiger partial charge on any atom is 0.221 e. The van der Waals surface area contributed by atoms with E-state index in [-0.39, 0.29) is 5.41 Å². The number of aromatic amines is 1. The van der Waals surface area contributed by atoms with E-state index in [2.05, 4.69) is 30.4 Å². The molecule has 3 aromatic rings. The largest absolute Gasteiger partial charge is 0.369 e. The number of hydrogen-bond acceptors (Lipinski definition) is 8. The maximum absolute atomic E-state index is 5.77. The van der Waals surface area contributed by atoms with E-state index in [1.807, 2.05) is 25.4 Å². The van der Waals surface area contributed by atoms with Crippen molar-refractivity contribution >= 4 is 17.6 Å². The highest BCUT2D eigenvalue weighted by Gasteiger charge is 2.44. The van der Waals surface area contributed by atoms with Gasteiger partial charge in [-0.15, -0.1) is 0 Å². The fourth-order valence-corrected chi connectivity index (χ4v) is 4.83. The molecule has 9 nitrogen and oxygen atoms in total. The molecule has 156 valence electrons. The zero-order chi connectivity index (χ0) is 20.6. The number of rotatable bonds is 5. The maximum atomic E-state index is 5.77. The number of H-pyrrole nitrogens is 1. The second kappa shape index (κ2) is 7.55. The summed E-state index contributed by atoms with van der Waals surface area (Å²) in [5.41, 5.74) is 9.65. The number of aryl methyl sites for hydroxylation is 1. The second-order valence-electron chi connectivity index (χ2n) is 8.27. The SMILES string of the molecule is Cc1nc(NCCc2cn[nH]c2)c2c(n1)C1(CC2)CCN(c2ccnc(N)n2)CC1. The predicted octanol–water partition coefficient (Wildman–Crippen LogP) is 2.02. The van der Waals surface area contributed by atoms with Crippen LogP contribution in [-0.4, -0.2) is 49.8 Å². The highest BCUT2D eigenvalue weighted by atomic mass is 15.2. The smallest absolute Gasteiger partial charge is 0.221 e. The third-order valence-corrected chi connectivity index (χ3v) is 6.44. The minimum absolute atomic E-state index is 0.138. The molecule has 0 radical (unpaired) electrons. The van der Waals surface area contributed by atoms with Gasteiger partial charge in [-0.1, -0.05) is 0 Å². The number of piperidine rings is 1. The average molecular weight is 406 g/mol. The number of hydrogen-bond donors (Lipinski definition) is 3. The van der Waals surface area contributed by atoms with Crippen molar-refractivity contribution in [2.24, 2.45) is 0 Å². The van der Waals surface area contributed by atoms with Crippen molar-refractivity contribution in [1.82, 2.24) is 30.1 Å². The van der Waals surface area contributed by atoms with Crippen LogP contribution in [0, 0.1) is 6.92 Å². The van der Waals surface area contributed by atoms with Gasteiger partial charge < -0.3 is 16.0 Å². The zero-order valence-electron chi connectivity index (χ0n) is 17.2. The normalized spacial score (nSPS) is 17.3. The van der Waals surface area contributed by atoms with E-state index in [0.29, 0.717) is 5.95 Å². The van der Waals surface area contributed by atoms with Crippen LogP contribution < -0.4 is 16.0 Å². The Kier molecular flexibility index (Phi) is 4.72. The molecule has 0 amide bonds. The first-order valence-corrected chi connectivity index (χ1v) is 10.6. The van der Waals surface area contributed by atoms with Gasteiger partial charge in [-0.2, -0.15) is 10.1 Å². The molecule has 0 bridgehead atoms. The molecule has 1 spiro atoms. The number of fused-ring (bicyclic) bond motifs is 2. The Labute approximate surface area is 175 Å². The molecule has 0 aromatic carbocycles. The first kappa shape index (κ1) is 18.8. The summed E-state index contributed by atoms with van der Waals surface area (Å²) in [6.07, 6.45) is 10.7. The lowest BCUT2D eigenvalue weighted by molar-refractivity contribution is 0.321. The Bertz CT molecular complexity index is 1020. The summed E-state index contributed by atoms with van der Waals surface area (Å²) < 4.78 is 0. The monoisotopic (exact) mass is 405 g/mol. The summed E-state index contributed by atoms with van der Waals surface area (Å²) in [6, 6.07) is 1.94. The first-order valence-electron chi connectivity index (χ1n) is 10.6. The highest BCUT2D eigenvalue weighted by molar-refractivity contribution is 5.53. The van der Waals surface area contributed by atoms with Gasteiger partial charge in [-0.25, -0.2) is 15.0 Å². The summed E-state index contributed by atoms with van der Waals surface area (Å²) in [5, 5.41) is 10.4. The van der Waals surface area contributed by atoms with Gasteiger partial charge in [0.2, 0.25) is 5.95 Å². The van der Waals surface area contributed by atoms with Gasteiger partial charge in [0.05, 0.1) is 11.9 Å². The van der Waals surface area contributed by atoms with Gasteiger partial charge in [0.15, 0.2) is 0 Å². The predicted molar refractivity (Wildman–Crippen MR) is 115 cm³/mol. The van der Waals surface area contributed by atoms with Crippen molar-refractivity contribution in [3.8, 4) is 0 Å². The van der Waals surface area contributed by atoms with E-state index in [9.17, 15) is 0 Å². The summed E-state index contributed by atoms with van der Waals surface area (Å²) in [6.45, 7) is 4.72. The molecule has 0 saturated carbocycles. The van der Waals surface area contributed by atoms with Gasteiger partial charge in [0.1, 0.15) is 17.5 Å². The minimum Gasteiger partial charge on any atom is -0.369 e. The molecule has 4 N–H and O–H groups in total. The molecular weight excluding hydrogens is 378 g/mol. The highest BCUT2D eigenvalue weighted by Crippen LogP contribution is 2.47. The van der Waals surface area contributed by atoms with E-state index >= 15 is 0 Å². The summed E-state index contributed by atoms with van der Waals surface area (Å²) in [7, 11) is 0. The lowest BCUT2D eigenvalue weighted by Crippen LogP contribution is -2.42. The number of nitrogens with zero attached hydrogens (tertiary/aromatic N) is 6. The van der Waals surface area contributed by atoms with Crippen LogP contribution in [0.5, 0.6) is 0 Å². The topological polar surface area (TPSA) is 122 Å². The van der Waals surface area contributed by atoms with Crippen LogP contribution in [0.1, 0.15) is 41.9 Å². The third kappa shape index (κ3) is 3.44. The van der Waals surface area contributed by atoms with Crippen LogP contribution in [0.15, 0.2) is 24.7 Å². The number of nitrogens with one attached hydrogen (secondary N) is 2. The van der Waals surface area contributed by atoms with Gasteiger partial charge in [0.25, 0.3) is 0 Å². The summed E-state index contributed by atoms with van der Waals surface area (Å²) in [4.78, 5) is 20.4. The molecule has 5 rings (SSSR count). The van der Waals surface area contributed by atoms with Crippen LogP contribution in [-0.2, 0) is 18.3 Å². The molecule has 1 fully saturated rings. The van der Waals surface area contributed by atoms with Crippen molar-refractivity contribution in [3.05, 3.63) is 47.3 Å². The van der Waals surface area contributed by atoms with Gasteiger partial charge >= 0.3 is 0 Å². The molecule has 9 heteroatoms. The molecule has 0 unspecified atom stereocenters. The van der Waals surface area contributed by atoms with Crippen molar-refractivity contribution in [2.45, 2.75) is 44.4 Å². The standard InChI is InChI=1S/C21H27N9/c1-14-27-18-16(19(28-14)23-8-3-15-12-25-26-13-15)2-5-21(18)6-10-30(11-7-21)17-4-9-24-20(22)29-17/h4,9,12-13H,2-3,5-8,10-11H2,1H3,(H,25,26)(H2,22,24,29)(H,23,27,28). The fourth-order valence-electron chi connectivity index (χ4n) is 4.83. The van der Waals surface area contributed by atoms with Crippen LogP contribution in [0.3, 0.4) is 0 Å². The van der Waals surface area contributed by atoms with Crippen LogP contribution in [0.4, 0.5) is 17.6 Å². The zero-order valence-corrected chi connectivity index (χ0v) is 17.2. The van der Waals surface area contributed by atoms with Crippen molar-refractivity contribution in [3.63, 3.8) is 0 Å². The van der Waals surface area contributed by atoms with Crippen LogP contribution in [0.25, 0.3) is 0 Å². The Balaban J connectivity index is 1.32. The number of nitrogens with two attached hydrogens (primary N) is 1. The fraction of sp³-hybridized carbons (Fsp3) is 0.476. The lowest BCUT2D eigenvalue weighted by atomic mass is 9.76. The van der Waals surface area contributed by atoms with E-state index in [4.69, 9.17) is 15.7 Å². The van der Waals surface area contributed by atoms with E-state index < -0.39 is 0 Å². The number of nitrogen functional groups attached to an aromatic ring is 1. The molecule has 1 aliphatic heterocycles. The summed E-state index contributed by atoms with van der Waals surface area (Å²) >= 11 is 0. The van der Waals surface area contributed by atoms with E-state index in [1.54, 1.807) is 6.20 Å². The minimum atomic E-state index is 0.138. The second-order valence-corrected chi connectivity index (χ2v) is 8.27. The summed E-state index contributed by atoms with van der Waals surface area (Å²) in [5.74, 6) is 3.08. The first-order chi connectivity index (χ1) is 14.6. The van der Waals surface area contributed by atoms with Crippen molar-refractivity contribution < 1.29 is 0 Å². The number of aromatic nitrogens is 6. The molecule has 1 aliphatic carbocycles. The average Bonchev–Trinajstić information content (AvgIpc) is 3.38. The molecule has 4 heterocycles. The Morgan fingerprint density at radius 1 is 1.20 bits per heavy atom. The van der Waals surface area contributed by atoms with Gasteiger partial charge in [0, 0.05) is 43.0 Å². The van der Waals surface area contributed by atoms with Crippen LogP contribution >= 0.6 is 0 Å². The van der Waals surface area contributed by atoms with Crippen LogP contribution in [0.2, 0.25) is 0 Å². The number of anilines is 3. The molecular formula is C21H27N9. The molecule has 3 aromatic heterocycles.